The fourth-order valence-electron chi connectivity index (χ4n) is 3.72. The van der Waals surface area contributed by atoms with Gasteiger partial charge in [-0.15, -0.1) is 0 Å². The van der Waals surface area contributed by atoms with Gasteiger partial charge in [-0.05, 0) is 18.9 Å². The van der Waals surface area contributed by atoms with E-state index in [0.717, 1.165) is 19.4 Å². The average molecular weight is 375 g/mol. The van der Waals surface area contributed by atoms with E-state index in [-0.39, 0.29) is 23.4 Å². The van der Waals surface area contributed by atoms with Gasteiger partial charge in [-0.1, -0.05) is 6.92 Å². The summed E-state index contributed by atoms with van der Waals surface area (Å²) in [5.41, 5.74) is -0.0314. The summed E-state index contributed by atoms with van der Waals surface area (Å²) in [6.45, 7) is 5.58. The highest BCUT2D eigenvalue weighted by Crippen LogP contribution is 2.22. The second-order valence-electron chi connectivity index (χ2n) is 6.98. The third kappa shape index (κ3) is 4.35. The van der Waals surface area contributed by atoms with E-state index in [1.165, 1.54) is 12.3 Å². The van der Waals surface area contributed by atoms with E-state index in [9.17, 15) is 19.7 Å². The maximum atomic E-state index is 12.9. The lowest BCUT2D eigenvalue weighted by Crippen LogP contribution is -2.53. The molecule has 0 bridgehead atoms. The first-order valence-electron chi connectivity index (χ1n) is 9.41. The summed E-state index contributed by atoms with van der Waals surface area (Å²) >= 11 is 0. The van der Waals surface area contributed by atoms with E-state index in [1.54, 1.807) is 6.07 Å². The Morgan fingerprint density at radius 3 is 2.52 bits per heavy atom. The summed E-state index contributed by atoms with van der Waals surface area (Å²) < 4.78 is 0. The molecule has 0 N–H and O–H groups in total. The maximum absolute atomic E-state index is 12.9. The molecular weight excluding hydrogens is 350 g/mol. The summed E-state index contributed by atoms with van der Waals surface area (Å²) in [6, 6.07) is 3.09. The molecular formula is C18H25N5O4. The number of aromatic nitrogens is 1. The van der Waals surface area contributed by atoms with Crippen LogP contribution >= 0.6 is 0 Å². The summed E-state index contributed by atoms with van der Waals surface area (Å²) in [6.07, 6.45) is 3.43. The van der Waals surface area contributed by atoms with Gasteiger partial charge < -0.3 is 14.7 Å². The van der Waals surface area contributed by atoms with Crippen LogP contribution in [0.3, 0.4) is 0 Å². The molecule has 9 heteroatoms. The lowest BCUT2D eigenvalue weighted by atomic mass is 9.96. The Morgan fingerprint density at radius 1 is 1.19 bits per heavy atom. The highest BCUT2D eigenvalue weighted by Gasteiger charge is 2.32. The molecule has 2 saturated heterocycles. The number of amides is 2. The molecule has 0 saturated carbocycles. The smallest absolute Gasteiger partial charge is 0.287 e. The lowest BCUT2D eigenvalue weighted by molar-refractivity contribution is -0.385. The number of likely N-dealkylation sites (tertiary alicyclic amines) is 1. The number of anilines is 1. The van der Waals surface area contributed by atoms with E-state index < -0.39 is 4.92 Å². The van der Waals surface area contributed by atoms with Gasteiger partial charge in [0.25, 0.3) is 5.69 Å². The third-order valence-electron chi connectivity index (χ3n) is 5.28. The van der Waals surface area contributed by atoms with Gasteiger partial charge in [-0.3, -0.25) is 19.7 Å². The Bertz CT molecular complexity index is 700. The number of hydrogen-bond acceptors (Lipinski definition) is 6. The second kappa shape index (κ2) is 8.32. The average Bonchev–Trinajstić information content (AvgIpc) is 2.73. The highest BCUT2D eigenvalue weighted by atomic mass is 16.6. The fraction of sp³-hybridized carbons (Fsp3) is 0.611. The van der Waals surface area contributed by atoms with Crippen molar-refractivity contribution in [2.45, 2.75) is 26.2 Å². The molecule has 3 rings (SSSR count). The van der Waals surface area contributed by atoms with E-state index in [4.69, 9.17) is 0 Å². The molecule has 1 atom stereocenters. The Hall–Kier alpha value is -2.71. The van der Waals surface area contributed by atoms with Gasteiger partial charge in [0.2, 0.25) is 11.8 Å². The van der Waals surface area contributed by atoms with Gasteiger partial charge in [-0.2, -0.15) is 0 Å². The van der Waals surface area contributed by atoms with Gasteiger partial charge in [0.1, 0.15) is 12.0 Å². The highest BCUT2D eigenvalue weighted by molar-refractivity contribution is 5.81. The largest absolute Gasteiger partial charge is 0.353 e. The molecule has 1 unspecified atom stereocenters. The first-order valence-corrected chi connectivity index (χ1v) is 9.41. The zero-order chi connectivity index (χ0) is 19.4. The second-order valence-corrected chi connectivity index (χ2v) is 6.98. The van der Waals surface area contributed by atoms with Crippen molar-refractivity contribution in [2.24, 2.45) is 5.92 Å². The Morgan fingerprint density at radius 2 is 1.93 bits per heavy atom. The standard InChI is InChI=1S/C18H25N5O4/c1-2-17(24)22-7-3-4-14(13-22)18(25)21-10-8-20(9-11-21)16-6-5-15(12-19-16)23(26)27/h5-6,12,14H,2-4,7-11,13H2,1H3. The number of carbonyl (C=O) groups is 2. The number of nitrogens with zero attached hydrogens (tertiary/aromatic N) is 5. The quantitative estimate of drug-likeness (QED) is 0.581. The minimum Gasteiger partial charge on any atom is -0.353 e. The molecule has 0 aromatic carbocycles. The summed E-state index contributed by atoms with van der Waals surface area (Å²) in [4.78, 5) is 44.9. The molecule has 2 fully saturated rings. The van der Waals surface area contributed by atoms with Crippen molar-refractivity contribution in [2.75, 3.05) is 44.2 Å². The fourth-order valence-corrected chi connectivity index (χ4v) is 3.72. The zero-order valence-corrected chi connectivity index (χ0v) is 15.5. The normalized spacial score (nSPS) is 20.5. The number of nitro groups is 1. The Balaban J connectivity index is 1.54. The van der Waals surface area contributed by atoms with E-state index in [0.29, 0.717) is 45.0 Å². The minimum atomic E-state index is -0.468. The number of piperidine rings is 1. The molecule has 1 aromatic rings. The molecule has 146 valence electrons. The molecule has 2 aliphatic heterocycles. The molecule has 27 heavy (non-hydrogen) atoms. The van der Waals surface area contributed by atoms with Crippen LogP contribution in [0.2, 0.25) is 0 Å². The molecule has 1 aromatic heterocycles. The molecule has 0 aliphatic carbocycles. The predicted molar refractivity (Wildman–Crippen MR) is 99.3 cm³/mol. The topological polar surface area (TPSA) is 99.9 Å². The predicted octanol–water partition coefficient (Wildman–Crippen LogP) is 1.29. The Kier molecular flexibility index (Phi) is 5.88. The zero-order valence-electron chi connectivity index (χ0n) is 15.5. The van der Waals surface area contributed by atoms with Crippen molar-refractivity contribution in [3.05, 3.63) is 28.4 Å². The first kappa shape index (κ1) is 19.1. The van der Waals surface area contributed by atoms with Gasteiger partial charge in [0, 0.05) is 51.8 Å². The van der Waals surface area contributed by atoms with Gasteiger partial charge >= 0.3 is 0 Å². The van der Waals surface area contributed by atoms with Crippen LogP contribution in [0.25, 0.3) is 0 Å². The van der Waals surface area contributed by atoms with Crippen LogP contribution in [0.1, 0.15) is 26.2 Å². The Labute approximate surface area is 158 Å². The van der Waals surface area contributed by atoms with Crippen molar-refractivity contribution in [1.82, 2.24) is 14.8 Å². The van der Waals surface area contributed by atoms with Crippen LogP contribution in [0.5, 0.6) is 0 Å². The van der Waals surface area contributed by atoms with Crippen molar-refractivity contribution in [3.8, 4) is 0 Å². The molecule has 0 radical (unpaired) electrons. The van der Waals surface area contributed by atoms with Gasteiger partial charge in [0.05, 0.1) is 10.8 Å². The molecule has 2 amide bonds. The number of carbonyl (C=O) groups excluding carboxylic acids is 2. The number of piperazine rings is 1. The van der Waals surface area contributed by atoms with Gasteiger partial charge in [-0.25, -0.2) is 4.98 Å². The summed E-state index contributed by atoms with van der Waals surface area (Å²) in [5.74, 6) is 0.810. The van der Waals surface area contributed by atoms with Crippen molar-refractivity contribution in [1.29, 1.82) is 0 Å². The molecule has 3 heterocycles. The number of hydrogen-bond donors (Lipinski definition) is 0. The van der Waals surface area contributed by atoms with Crippen molar-refractivity contribution < 1.29 is 14.5 Å². The van der Waals surface area contributed by atoms with Crippen LogP contribution in [0.4, 0.5) is 11.5 Å². The lowest BCUT2D eigenvalue weighted by Gasteiger charge is -2.39. The molecule has 0 spiro atoms. The van der Waals surface area contributed by atoms with Crippen LogP contribution < -0.4 is 4.90 Å². The minimum absolute atomic E-state index is 0.0314. The summed E-state index contributed by atoms with van der Waals surface area (Å²) in [7, 11) is 0. The monoisotopic (exact) mass is 375 g/mol. The van der Waals surface area contributed by atoms with Gasteiger partial charge in [0.15, 0.2) is 0 Å². The number of pyridine rings is 1. The van der Waals surface area contributed by atoms with Crippen LogP contribution in [0, 0.1) is 16.0 Å². The van der Waals surface area contributed by atoms with Crippen LogP contribution in [-0.4, -0.2) is 70.8 Å². The molecule has 2 aliphatic rings. The van der Waals surface area contributed by atoms with E-state index >= 15 is 0 Å². The van der Waals surface area contributed by atoms with E-state index in [2.05, 4.69) is 4.98 Å². The van der Waals surface area contributed by atoms with E-state index in [1.807, 2.05) is 21.6 Å². The molecule has 9 nitrogen and oxygen atoms in total. The third-order valence-corrected chi connectivity index (χ3v) is 5.28. The summed E-state index contributed by atoms with van der Waals surface area (Å²) in [5, 5.41) is 10.7. The SMILES string of the molecule is CCC(=O)N1CCCC(C(=O)N2CCN(c3ccc([N+](=O)[O-])cn3)CC2)C1. The van der Waals surface area contributed by atoms with Crippen molar-refractivity contribution >= 4 is 23.3 Å². The first-order chi connectivity index (χ1) is 13.0. The van der Waals surface area contributed by atoms with Crippen molar-refractivity contribution in [3.63, 3.8) is 0 Å². The maximum Gasteiger partial charge on any atom is 0.287 e. The number of rotatable bonds is 4. The van der Waals surface area contributed by atoms with Crippen LogP contribution in [-0.2, 0) is 9.59 Å². The van der Waals surface area contributed by atoms with Crippen LogP contribution in [0.15, 0.2) is 18.3 Å².